The van der Waals surface area contributed by atoms with Crippen LogP contribution in [0, 0.1) is 10.7 Å². The summed E-state index contributed by atoms with van der Waals surface area (Å²) in [4.78, 5) is 6.18. The van der Waals surface area contributed by atoms with Gasteiger partial charge in [0, 0.05) is 4.91 Å². The van der Waals surface area contributed by atoms with Crippen molar-refractivity contribution in [3.8, 4) is 5.40 Å². The smallest absolute Gasteiger partial charge is 0.134 e. The largest absolute Gasteiger partial charge is 0.259 e. The number of nitrogens with zero attached hydrogens (tertiary/aromatic N) is 2. The van der Waals surface area contributed by atoms with Crippen molar-refractivity contribution in [2.75, 3.05) is 5.08 Å². The molecule has 0 saturated heterocycles. The van der Waals surface area contributed by atoms with Gasteiger partial charge in [-0.1, -0.05) is 60.0 Å². The lowest BCUT2D eigenvalue weighted by atomic mass is 9.94. The molecule has 1 rings (SSSR count). The van der Waals surface area contributed by atoms with E-state index in [0.29, 0.717) is 0 Å². The van der Waals surface area contributed by atoms with E-state index in [0.717, 1.165) is 22.3 Å². The highest BCUT2D eigenvalue weighted by atomic mass is 127. The van der Waals surface area contributed by atoms with Crippen molar-refractivity contribution in [2.45, 2.75) is 32.2 Å². The zero-order chi connectivity index (χ0) is 12.0. The minimum atomic E-state index is 0.00546. The van der Waals surface area contributed by atoms with Gasteiger partial charge in [0.1, 0.15) is 9.78 Å². The lowest BCUT2D eigenvalue weighted by molar-refractivity contribution is 0.496. The van der Waals surface area contributed by atoms with Crippen LogP contribution in [0.15, 0.2) is 14.0 Å². The molecule has 1 heterocycles. The van der Waals surface area contributed by atoms with Crippen molar-refractivity contribution < 1.29 is 0 Å². The van der Waals surface area contributed by atoms with Gasteiger partial charge in [0.05, 0.1) is 10.6 Å². The molecule has 16 heavy (non-hydrogen) atoms. The number of thiocyanates is 1. The van der Waals surface area contributed by atoms with Gasteiger partial charge < -0.3 is 0 Å². The predicted molar refractivity (Wildman–Crippen MR) is 86.1 cm³/mol. The highest BCUT2D eigenvalue weighted by Crippen LogP contribution is 2.47. The quantitative estimate of drug-likeness (QED) is 0.301. The Labute approximate surface area is 123 Å². The van der Waals surface area contributed by atoms with Gasteiger partial charge in [-0.25, -0.2) is 0 Å². The van der Waals surface area contributed by atoms with Crippen LogP contribution in [0.3, 0.4) is 0 Å². The zero-order valence-electron chi connectivity index (χ0n) is 9.20. The fraction of sp³-hybridized carbons (Fsp3) is 0.600. The number of hydrogen-bond acceptors (Lipinski definition) is 5. The fourth-order valence-corrected chi connectivity index (χ4v) is 5.46. The predicted octanol–water partition coefficient (Wildman–Crippen LogP) is 4.83. The van der Waals surface area contributed by atoms with Crippen molar-refractivity contribution >= 4 is 62.3 Å². The zero-order valence-corrected chi connectivity index (χ0v) is 13.8. The molecule has 6 heteroatoms. The van der Waals surface area contributed by atoms with E-state index >= 15 is 0 Å². The van der Waals surface area contributed by atoms with Crippen LogP contribution in [-0.4, -0.2) is 15.0 Å². The first-order valence-corrected chi connectivity index (χ1v) is 8.98. The van der Waals surface area contributed by atoms with Crippen LogP contribution in [0.2, 0.25) is 0 Å². The maximum atomic E-state index is 8.47. The van der Waals surface area contributed by atoms with Crippen LogP contribution in [0.4, 0.5) is 0 Å². The molecule has 1 aliphatic heterocycles. The molecule has 0 atom stereocenters. The van der Waals surface area contributed by atoms with E-state index in [1.807, 2.05) is 0 Å². The molecule has 0 saturated carbocycles. The first kappa shape index (κ1) is 14.7. The molecule has 0 aliphatic carbocycles. The summed E-state index contributed by atoms with van der Waals surface area (Å²) in [5, 5.41) is 11.3. The first-order chi connectivity index (χ1) is 7.72. The van der Waals surface area contributed by atoms with Crippen LogP contribution in [0.5, 0.6) is 0 Å². The highest BCUT2D eigenvalue weighted by molar-refractivity contribution is 14.1. The van der Waals surface area contributed by atoms with Gasteiger partial charge in [-0.05, 0) is 28.7 Å². The number of rotatable bonds is 4. The summed E-state index contributed by atoms with van der Waals surface area (Å²) in [6.45, 7) is 4.37. The minimum absolute atomic E-state index is 0.00546. The van der Waals surface area contributed by atoms with Gasteiger partial charge in [-0.3, -0.25) is 4.99 Å². The molecule has 0 radical (unpaired) electrons. The summed E-state index contributed by atoms with van der Waals surface area (Å²) in [6, 6.07) is 0. The van der Waals surface area contributed by atoms with E-state index in [-0.39, 0.29) is 5.54 Å². The number of hydrogen-bond donors (Lipinski definition) is 0. The van der Waals surface area contributed by atoms with Gasteiger partial charge in [0.2, 0.25) is 0 Å². The Balaban J connectivity index is 2.73. The molecule has 0 aromatic heterocycles. The molecule has 0 N–H and O–H groups in total. The normalized spacial score (nSPS) is 20.9. The summed E-state index contributed by atoms with van der Waals surface area (Å²) in [6.07, 6.45) is 2.08. The van der Waals surface area contributed by atoms with Gasteiger partial charge in [-0.2, -0.15) is 5.26 Å². The third-order valence-corrected chi connectivity index (χ3v) is 6.58. The molecule has 0 spiro atoms. The maximum absolute atomic E-state index is 8.47. The number of thioether (sulfide) groups is 3. The Kier molecular flexibility index (Phi) is 6.62. The summed E-state index contributed by atoms with van der Waals surface area (Å²) < 4.78 is 3.25. The molecule has 0 bridgehead atoms. The van der Waals surface area contributed by atoms with Crippen LogP contribution in [-0.2, 0) is 0 Å². The van der Waals surface area contributed by atoms with Crippen molar-refractivity contribution in [1.29, 1.82) is 5.26 Å². The third kappa shape index (κ3) is 3.34. The minimum Gasteiger partial charge on any atom is -0.259 e. The summed E-state index contributed by atoms with van der Waals surface area (Å²) in [5.74, 6) is 0. The molecule has 88 valence electrons. The number of halogens is 1. The summed E-state index contributed by atoms with van der Waals surface area (Å²) in [7, 11) is 0. The monoisotopic (exact) mass is 384 g/mol. The molecule has 0 fully saturated rings. The van der Waals surface area contributed by atoms with Crippen molar-refractivity contribution in [3.63, 3.8) is 0 Å². The van der Waals surface area contributed by atoms with Crippen LogP contribution in [0.25, 0.3) is 0 Å². The van der Waals surface area contributed by atoms with Crippen molar-refractivity contribution in [2.24, 2.45) is 4.99 Å². The number of aliphatic imine (C=N–C) groups is 1. The third-order valence-electron chi connectivity index (χ3n) is 2.54. The second-order valence-corrected chi connectivity index (χ2v) is 7.19. The van der Waals surface area contributed by atoms with Crippen LogP contribution < -0.4 is 0 Å². The number of nitriles is 1. The average Bonchev–Trinajstić information content (AvgIpc) is 2.68. The molecule has 0 aromatic rings. The lowest BCUT2D eigenvalue weighted by Gasteiger charge is -2.23. The molecule has 2 nitrogen and oxygen atoms in total. The Bertz CT molecular complexity index is 342. The van der Waals surface area contributed by atoms with Gasteiger partial charge in [0.25, 0.3) is 0 Å². The molecular weight excluding hydrogens is 371 g/mol. The highest BCUT2D eigenvalue weighted by Gasteiger charge is 2.37. The molecule has 0 aromatic carbocycles. The Morgan fingerprint density at radius 2 is 2.25 bits per heavy atom. The Morgan fingerprint density at radius 3 is 2.69 bits per heavy atom. The summed E-state index contributed by atoms with van der Waals surface area (Å²) >= 11 is 7.00. The Hall–Kier alpha value is 0.680. The first-order valence-electron chi connectivity index (χ1n) is 4.94. The van der Waals surface area contributed by atoms with E-state index in [2.05, 4.69) is 45.9 Å². The van der Waals surface area contributed by atoms with Crippen molar-refractivity contribution in [1.82, 2.24) is 0 Å². The van der Waals surface area contributed by atoms with Gasteiger partial charge in [0.15, 0.2) is 0 Å². The molecule has 1 aliphatic rings. The van der Waals surface area contributed by atoms with E-state index in [1.165, 1.54) is 16.7 Å². The molecular formula is C10H13IN2S3. The van der Waals surface area contributed by atoms with Gasteiger partial charge in [-0.15, -0.1) is 0 Å². The molecule has 0 amide bonds. The maximum Gasteiger partial charge on any atom is 0.134 e. The molecule has 0 unspecified atom stereocenters. The second kappa shape index (κ2) is 7.19. The summed E-state index contributed by atoms with van der Waals surface area (Å²) in [5.41, 5.74) is 0.00546. The van der Waals surface area contributed by atoms with Crippen LogP contribution >= 0.6 is 57.9 Å². The second-order valence-electron chi connectivity index (χ2n) is 3.19. The van der Waals surface area contributed by atoms with E-state index in [9.17, 15) is 0 Å². The standard InChI is InChI=1S/C10H13IN2S3/c1-3-10(4-2)8(5-11)16-9(13-10)15-7-14-6-12/h5H,3-4,7H2,1-2H3. The van der Waals surface area contributed by atoms with E-state index < -0.39 is 0 Å². The van der Waals surface area contributed by atoms with Crippen molar-refractivity contribution in [3.05, 3.63) is 8.99 Å². The van der Waals surface area contributed by atoms with Crippen LogP contribution in [0.1, 0.15) is 26.7 Å². The van der Waals surface area contributed by atoms with Gasteiger partial charge >= 0.3 is 0 Å². The van der Waals surface area contributed by atoms with E-state index in [1.54, 1.807) is 23.5 Å². The van der Waals surface area contributed by atoms with E-state index in [4.69, 9.17) is 10.3 Å². The SMILES string of the molecule is CCC1(CC)N=C(SCSC#N)SC1=CI. The average molecular weight is 384 g/mol. The topological polar surface area (TPSA) is 36.1 Å². The lowest BCUT2D eigenvalue weighted by Crippen LogP contribution is -2.22. The fourth-order valence-electron chi connectivity index (χ4n) is 1.49. The Morgan fingerprint density at radius 1 is 1.56 bits per heavy atom.